The smallest absolute Gasteiger partial charge is 0.255 e. The fourth-order valence-corrected chi connectivity index (χ4v) is 7.28. The number of pyridine rings is 1. The van der Waals surface area contributed by atoms with E-state index in [0.717, 1.165) is 18.9 Å². The number of benzene rings is 1. The van der Waals surface area contributed by atoms with Crippen molar-refractivity contribution in [3.63, 3.8) is 0 Å². The van der Waals surface area contributed by atoms with Crippen LogP contribution in [0.5, 0.6) is 0 Å². The van der Waals surface area contributed by atoms with Crippen molar-refractivity contribution in [2.45, 2.75) is 61.8 Å². The van der Waals surface area contributed by atoms with E-state index in [9.17, 15) is 17.6 Å². The molecule has 0 radical (unpaired) electrons. The van der Waals surface area contributed by atoms with Gasteiger partial charge in [0.15, 0.2) is 9.84 Å². The number of amides is 1. The zero-order chi connectivity index (χ0) is 23.9. The molecule has 3 heterocycles. The Labute approximate surface area is 203 Å². The number of nitrogens with zero attached hydrogens (tertiary/aromatic N) is 3. The standard InChI is InChI=1S/C23H26Cl2FN3O3S/c1-3-17(4-2)33(31,32)18-10-21(25)27-22(11-18)29-15-6-7-16(29)13-28(12-15)23(30)19-8-5-14(26)9-20(19)24/h5,8-11,15-17H,3-4,6-7,12-13H2,1-2H3. The number of sulfone groups is 1. The van der Waals surface area contributed by atoms with Crippen molar-refractivity contribution >= 4 is 44.8 Å². The molecule has 2 unspecified atom stereocenters. The van der Waals surface area contributed by atoms with Crippen molar-refractivity contribution in [1.29, 1.82) is 0 Å². The summed E-state index contributed by atoms with van der Waals surface area (Å²) in [5.41, 5.74) is 0.269. The number of halogens is 3. The fraction of sp³-hybridized carbons (Fsp3) is 0.478. The molecule has 1 aromatic carbocycles. The van der Waals surface area contributed by atoms with Crippen LogP contribution in [0.4, 0.5) is 10.2 Å². The molecule has 1 aromatic heterocycles. The highest BCUT2D eigenvalue weighted by atomic mass is 35.5. The Bertz CT molecular complexity index is 1160. The zero-order valence-corrected chi connectivity index (χ0v) is 20.8. The Morgan fingerprint density at radius 1 is 1.12 bits per heavy atom. The third kappa shape index (κ3) is 4.57. The van der Waals surface area contributed by atoms with Gasteiger partial charge in [0.05, 0.1) is 20.7 Å². The van der Waals surface area contributed by atoms with E-state index < -0.39 is 20.9 Å². The van der Waals surface area contributed by atoms with E-state index in [-0.39, 0.29) is 38.6 Å². The molecule has 2 bridgehead atoms. The quantitative estimate of drug-likeness (QED) is 0.509. The van der Waals surface area contributed by atoms with Gasteiger partial charge in [0, 0.05) is 25.2 Å². The van der Waals surface area contributed by atoms with E-state index >= 15 is 0 Å². The van der Waals surface area contributed by atoms with Crippen LogP contribution in [-0.2, 0) is 9.84 Å². The molecule has 1 amide bonds. The van der Waals surface area contributed by atoms with Gasteiger partial charge in [0.25, 0.3) is 5.91 Å². The first-order valence-corrected chi connectivity index (χ1v) is 13.4. The molecule has 2 aliphatic heterocycles. The second kappa shape index (κ2) is 9.39. The summed E-state index contributed by atoms with van der Waals surface area (Å²) >= 11 is 12.4. The van der Waals surface area contributed by atoms with Crippen molar-refractivity contribution in [2.24, 2.45) is 0 Å². The molecule has 0 spiro atoms. The van der Waals surface area contributed by atoms with Crippen LogP contribution in [0.15, 0.2) is 35.2 Å². The van der Waals surface area contributed by atoms with Crippen LogP contribution in [0, 0.1) is 5.82 Å². The SMILES string of the molecule is CCC(CC)S(=O)(=O)c1cc(Cl)nc(N2C3CCC2CN(C(=O)c2ccc(F)cc2Cl)C3)c1. The normalized spacial score (nSPS) is 20.5. The van der Waals surface area contributed by atoms with Gasteiger partial charge in [-0.25, -0.2) is 17.8 Å². The predicted octanol–water partition coefficient (Wildman–Crippen LogP) is 4.98. The highest BCUT2D eigenvalue weighted by Crippen LogP contribution is 2.37. The molecule has 6 nitrogen and oxygen atoms in total. The first kappa shape index (κ1) is 24.2. The summed E-state index contributed by atoms with van der Waals surface area (Å²) in [5.74, 6) is -0.216. The number of likely N-dealkylation sites (tertiary alicyclic amines) is 1. The van der Waals surface area contributed by atoms with E-state index in [1.54, 1.807) is 11.0 Å². The maximum Gasteiger partial charge on any atom is 0.255 e. The van der Waals surface area contributed by atoms with Crippen molar-refractivity contribution in [2.75, 3.05) is 18.0 Å². The third-order valence-corrected chi connectivity index (χ3v) is 9.57. The average Bonchev–Trinajstić information content (AvgIpc) is 3.03. The maximum atomic E-state index is 13.4. The van der Waals surface area contributed by atoms with E-state index in [1.807, 2.05) is 13.8 Å². The maximum absolute atomic E-state index is 13.4. The number of aromatic nitrogens is 1. The molecule has 0 aliphatic carbocycles. The van der Waals surface area contributed by atoms with Crippen molar-refractivity contribution in [3.05, 3.63) is 51.9 Å². The van der Waals surface area contributed by atoms with Gasteiger partial charge in [-0.1, -0.05) is 37.0 Å². The first-order chi connectivity index (χ1) is 15.6. The highest BCUT2D eigenvalue weighted by molar-refractivity contribution is 7.92. The van der Waals surface area contributed by atoms with E-state index in [4.69, 9.17) is 23.2 Å². The number of anilines is 1. The molecule has 10 heteroatoms. The largest absolute Gasteiger partial charge is 0.347 e. The van der Waals surface area contributed by atoms with Gasteiger partial charge in [0.1, 0.15) is 16.8 Å². The molecule has 33 heavy (non-hydrogen) atoms. The van der Waals surface area contributed by atoms with Crippen LogP contribution < -0.4 is 4.90 Å². The first-order valence-electron chi connectivity index (χ1n) is 11.1. The Morgan fingerprint density at radius 3 is 2.33 bits per heavy atom. The molecular weight excluding hydrogens is 488 g/mol. The lowest BCUT2D eigenvalue weighted by Gasteiger charge is -2.42. The average molecular weight is 514 g/mol. The molecular formula is C23H26Cl2FN3O3S. The van der Waals surface area contributed by atoms with Gasteiger partial charge in [-0.05, 0) is 56.0 Å². The summed E-state index contributed by atoms with van der Waals surface area (Å²) < 4.78 is 39.6. The Balaban J connectivity index is 1.60. The minimum Gasteiger partial charge on any atom is -0.347 e. The molecule has 2 atom stereocenters. The molecule has 2 saturated heterocycles. The van der Waals surface area contributed by atoms with Crippen molar-refractivity contribution < 1.29 is 17.6 Å². The Kier molecular flexibility index (Phi) is 6.90. The highest BCUT2D eigenvalue weighted by Gasteiger charge is 2.43. The molecule has 2 aliphatic rings. The summed E-state index contributed by atoms with van der Waals surface area (Å²) in [7, 11) is -3.53. The minimum atomic E-state index is -3.53. The second-order valence-electron chi connectivity index (χ2n) is 8.59. The van der Waals surface area contributed by atoms with Crippen molar-refractivity contribution in [3.8, 4) is 0 Å². The molecule has 2 fully saturated rings. The van der Waals surface area contributed by atoms with E-state index in [0.29, 0.717) is 31.7 Å². The number of carbonyl (C=O) groups is 1. The van der Waals surface area contributed by atoms with E-state index in [1.165, 1.54) is 18.2 Å². The Hall–Kier alpha value is -1.90. The lowest BCUT2D eigenvalue weighted by molar-refractivity contribution is 0.0717. The molecule has 178 valence electrons. The number of carbonyl (C=O) groups excluding carboxylic acids is 1. The third-order valence-electron chi connectivity index (χ3n) is 6.63. The fourth-order valence-electron chi connectivity index (χ4n) is 4.95. The molecule has 0 saturated carbocycles. The van der Waals surface area contributed by atoms with Gasteiger partial charge in [-0.3, -0.25) is 4.79 Å². The van der Waals surface area contributed by atoms with Crippen LogP contribution in [0.2, 0.25) is 10.2 Å². The second-order valence-corrected chi connectivity index (χ2v) is 11.6. The minimum absolute atomic E-state index is 0.0263. The van der Waals surface area contributed by atoms with Gasteiger partial charge in [-0.15, -0.1) is 0 Å². The molecule has 4 rings (SSSR count). The number of hydrogen-bond acceptors (Lipinski definition) is 5. The van der Waals surface area contributed by atoms with Gasteiger partial charge in [0.2, 0.25) is 0 Å². The summed E-state index contributed by atoms with van der Waals surface area (Å²) in [6.07, 6.45) is 2.72. The number of piperazine rings is 1. The van der Waals surface area contributed by atoms with Crippen molar-refractivity contribution in [1.82, 2.24) is 9.88 Å². The summed E-state index contributed by atoms with van der Waals surface area (Å²) in [4.78, 5) is 21.5. The van der Waals surface area contributed by atoms with Crippen LogP contribution in [0.3, 0.4) is 0 Å². The van der Waals surface area contributed by atoms with Gasteiger partial charge in [-0.2, -0.15) is 0 Å². The summed E-state index contributed by atoms with van der Waals surface area (Å²) in [6.45, 7) is 4.59. The molecule has 0 N–H and O–H groups in total. The number of rotatable bonds is 6. The Morgan fingerprint density at radius 2 is 1.76 bits per heavy atom. The topological polar surface area (TPSA) is 70.6 Å². The number of fused-ring (bicyclic) bond motifs is 2. The summed E-state index contributed by atoms with van der Waals surface area (Å²) in [6, 6.07) is 6.74. The van der Waals surface area contributed by atoms with E-state index in [2.05, 4.69) is 9.88 Å². The zero-order valence-electron chi connectivity index (χ0n) is 18.5. The van der Waals surface area contributed by atoms with Gasteiger partial charge >= 0.3 is 0 Å². The predicted molar refractivity (Wildman–Crippen MR) is 127 cm³/mol. The van der Waals surface area contributed by atoms with Gasteiger partial charge < -0.3 is 9.80 Å². The monoisotopic (exact) mass is 513 g/mol. The van der Waals surface area contributed by atoms with Crippen LogP contribution in [0.25, 0.3) is 0 Å². The lowest BCUT2D eigenvalue weighted by Crippen LogP contribution is -2.55. The molecule has 2 aromatic rings. The summed E-state index contributed by atoms with van der Waals surface area (Å²) in [5, 5.41) is -0.258. The lowest BCUT2D eigenvalue weighted by atomic mass is 10.1. The van der Waals surface area contributed by atoms with Crippen LogP contribution in [0.1, 0.15) is 49.9 Å². The van der Waals surface area contributed by atoms with Crippen LogP contribution >= 0.6 is 23.2 Å². The number of hydrogen-bond donors (Lipinski definition) is 0. The van der Waals surface area contributed by atoms with Crippen LogP contribution in [-0.4, -0.2) is 54.6 Å².